The molecule has 0 spiro atoms. The van der Waals surface area contributed by atoms with Crippen molar-refractivity contribution in [3.05, 3.63) is 50.1 Å². The molecule has 2 heterocycles. The van der Waals surface area contributed by atoms with Crippen molar-refractivity contribution in [3.8, 4) is 5.69 Å². The molecule has 3 aromatic rings. The third-order valence-electron chi connectivity index (χ3n) is 4.02. The Hall–Kier alpha value is -1.83. The van der Waals surface area contributed by atoms with Gasteiger partial charge in [0.2, 0.25) is 0 Å². The zero-order chi connectivity index (χ0) is 18.8. The first-order valence-electron chi connectivity index (χ1n) is 7.90. The van der Waals surface area contributed by atoms with Gasteiger partial charge in [-0.15, -0.1) is 11.3 Å². The molecule has 2 aromatic heterocycles. The van der Waals surface area contributed by atoms with E-state index < -0.39 is 0 Å². The topological polar surface area (TPSA) is 61.2 Å². The molecule has 0 aliphatic rings. The largest absolute Gasteiger partial charge is 0.469 e. The van der Waals surface area contributed by atoms with E-state index in [0.717, 1.165) is 15.3 Å². The molecule has 26 heavy (non-hydrogen) atoms. The number of aryl methyl sites for hydroxylation is 2. The Morgan fingerprint density at radius 2 is 2.00 bits per heavy atom. The first kappa shape index (κ1) is 18.9. The SMILES string of the molecule is COC(=O)CCSc1nc2sc(C)c(C)c2c(=O)n1-c1ccc(Cl)cc1. The minimum Gasteiger partial charge on any atom is -0.469 e. The summed E-state index contributed by atoms with van der Waals surface area (Å²) in [6, 6.07) is 7.05. The lowest BCUT2D eigenvalue weighted by Crippen LogP contribution is -2.21. The highest BCUT2D eigenvalue weighted by molar-refractivity contribution is 7.99. The number of ether oxygens (including phenoxy) is 1. The molecule has 0 N–H and O–H groups in total. The molecule has 0 saturated heterocycles. The second-order valence-electron chi connectivity index (χ2n) is 5.65. The number of thiophene rings is 1. The van der Waals surface area contributed by atoms with E-state index in [9.17, 15) is 9.59 Å². The lowest BCUT2D eigenvalue weighted by Gasteiger charge is -2.12. The number of carbonyl (C=O) groups excluding carboxylic acids is 1. The summed E-state index contributed by atoms with van der Waals surface area (Å²) in [4.78, 5) is 31.1. The number of methoxy groups -OCH3 is 1. The van der Waals surface area contributed by atoms with Crippen LogP contribution in [0.25, 0.3) is 15.9 Å². The monoisotopic (exact) mass is 408 g/mol. The van der Waals surface area contributed by atoms with Gasteiger partial charge in [-0.1, -0.05) is 23.4 Å². The van der Waals surface area contributed by atoms with Gasteiger partial charge in [0.05, 0.1) is 24.6 Å². The fraction of sp³-hybridized carbons (Fsp3) is 0.278. The van der Waals surface area contributed by atoms with E-state index in [1.165, 1.54) is 30.2 Å². The van der Waals surface area contributed by atoms with Crippen LogP contribution in [-0.2, 0) is 9.53 Å². The minimum absolute atomic E-state index is 0.111. The quantitative estimate of drug-likeness (QED) is 0.356. The minimum atomic E-state index is -0.290. The van der Waals surface area contributed by atoms with E-state index in [1.807, 2.05) is 13.8 Å². The van der Waals surface area contributed by atoms with E-state index in [4.69, 9.17) is 16.6 Å². The van der Waals surface area contributed by atoms with Crippen LogP contribution in [0.4, 0.5) is 0 Å². The van der Waals surface area contributed by atoms with Gasteiger partial charge in [0.15, 0.2) is 5.16 Å². The van der Waals surface area contributed by atoms with Crippen molar-refractivity contribution in [1.29, 1.82) is 0 Å². The van der Waals surface area contributed by atoms with Crippen LogP contribution in [0.15, 0.2) is 34.2 Å². The summed E-state index contributed by atoms with van der Waals surface area (Å²) in [5, 5.41) is 1.79. The number of carbonyl (C=O) groups is 1. The zero-order valence-corrected chi connectivity index (χ0v) is 16.9. The Balaban J connectivity index is 2.14. The molecule has 0 aliphatic carbocycles. The standard InChI is InChI=1S/C18H17ClN2O3S2/c1-10-11(2)26-16-15(10)17(23)21(13-6-4-12(19)5-7-13)18(20-16)25-9-8-14(22)24-3/h4-7H,8-9H2,1-3H3. The predicted octanol–water partition coefficient (Wildman–Crippen LogP) is 4.37. The van der Waals surface area contributed by atoms with E-state index >= 15 is 0 Å². The maximum atomic E-state index is 13.2. The number of hydrogen-bond donors (Lipinski definition) is 0. The Kier molecular flexibility index (Phi) is 5.70. The first-order chi connectivity index (χ1) is 12.4. The van der Waals surface area contributed by atoms with Crippen LogP contribution in [0.2, 0.25) is 5.02 Å². The van der Waals surface area contributed by atoms with Crippen molar-refractivity contribution >= 4 is 50.9 Å². The van der Waals surface area contributed by atoms with Crippen molar-refractivity contribution < 1.29 is 9.53 Å². The molecular weight excluding hydrogens is 392 g/mol. The second-order valence-corrected chi connectivity index (χ2v) is 8.35. The Bertz CT molecular complexity index is 1030. The fourth-order valence-electron chi connectivity index (χ4n) is 2.52. The molecule has 0 unspecified atom stereocenters. The number of fused-ring (bicyclic) bond motifs is 1. The summed E-state index contributed by atoms with van der Waals surface area (Å²) in [5.74, 6) is 0.184. The van der Waals surface area contributed by atoms with Gasteiger partial charge in [0, 0.05) is 15.7 Å². The van der Waals surface area contributed by atoms with Crippen LogP contribution >= 0.6 is 34.7 Å². The number of nitrogens with zero attached hydrogens (tertiary/aromatic N) is 2. The summed E-state index contributed by atoms with van der Waals surface area (Å²) in [6.45, 7) is 3.92. The summed E-state index contributed by atoms with van der Waals surface area (Å²) in [7, 11) is 1.36. The van der Waals surface area contributed by atoms with Gasteiger partial charge < -0.3 is 4.74 Å². The number of esters is 1. The first-order valence-corrected chi connectivity index (χ1v) is 10.1. The van der Waals surface area contributed by atoms with Crippen LogP contribution in [0.5, 0.6) is 0 Å². The Morgan fingerprint density at radius 3 is 2.65 bits per heavy atom. The average molecular weight is 409 g/mol. The molecule has 0 amide bonds. The Morgan fingerprint density at radius 1 is 1.31 bits per heavy atom. The van der Waals surface area contributed by atoms with Gasteiger partial charge in [-0.3, -0.25) is 14.2 Å². The molecule has 1 aromatic carbocycles. The van der Waals surface area contributed by atoms with E-state index in [-0.39, 0.29) is 17.9 Å². The number of halogens is 1. The number of aromatic nitrogens is 2. The molecule has 5 nitrogen and oxygen atoms in total. The highest BCUT2D eigenvalue weighted by atomic mass is 35.5. The van der Waals surface area contributed by atoms with Crippen molar-refractivity contribution in [1.82, 2.24) is 9.55 Å². The van der Waals surface area contributed by atoms with Crippen molar-refractivity contribution in [2.24, 2.45) is 0 Å². The maximum Gasteiger partial charge on any atom is 0.306 e. The summed E-state index contributed by atoms with van der Waals surface area (Å²) in [5.41, 5.74) is 1.54. The van der Waals surface area contributed by atoms with Gasteiger partial charge in [-0.2, -0.15) is 0 Å². The lowest BCUT2D eigenvalue weighted by atomic mass is 10.2. The van der Waals surface area contributed by atoms with Crippen LogP contribution in [0.1, 0.15) is 16.9 Å². The van der Waals surface area contributed by atoms with Gasteiger partial charge in [0.1, 0.15) is 4.83 Å². The lowest BCUT2D eigenvalue weighted by molar-refractivity contribution is -0.140. The van der Waals surface area contributed by atoms with Crippen LogP contribution in [0, 0.1) is 13.8 Å². The highest BCUT2D eigenvalue weighted by Gasteiger charge is 2.18. The van der Waals surface area contributed by atoms with Gasteiger partial charge >= 0.3 is 5.97 Å². The second kappa shape index (κ2) is 7.82. The summed E-state index contributed by atoms with van der Waals surface area (Å²) in [6.07, 6.45) is 0.248. The molecule has 0 aliphatic heterocycles. The molecular formula is C18H17ClN2O3S2. The van der Waals surface area contributed by atoms with Gasteiger partial charge in [0.25, 0.3) is 5.56 Å². The van der Waals surface area contributed by atoms with E-state index in [2.05, 4.69) is 4.74 Å². The molecule has 0 atom stereocenters. The molecule has 136 valence electrons. The number of hydrogen-bond acceptors (Lipinski definition) is 6. The van der Waals surface area contributed by atoms with Crippen LogP contribution in [-0.4, -0.2) is 28.4 Å². The maximum absolute atomic E-state index is 13.2. The predicted molar refractivity (Wildman–Crippen MR) is 107 cm³/mol. The summed E-state index contributed by atoms with van der Waals surface area (Å²) < 4.78 is 6.26. The zero-order valence-electron chi connectivity index (χ0n) is 14.5. The van der Waals surface area contributed by atoms with Crippen molar-refractivity contribution in [3.63, 3.8) is 0 Å². The van der Waals surface area contributed by atoms with E-state index in [0.29, 0.717) is 27.0 Å². The van der Waals surface area contributed by atoms with Gasteiger partial charge in [-0.05, 0) is 43.7 Å². The number of benzene rings is 1. The number of thioether (sulfide) groups is 1. The third kappa shape index (κ3) is 3.65. The normalized spacial score (nSPS) is 11.1. The summed E-state index contributed by atoms with van der Waals surface area (Å²) >= 11 is 8.84. The molecule has 0 radical (unpaired) electrons. The number of rotatable bonds is 5. The van der Waals surface area contributed by atoms with Crippen molar-refractivity contribution in [2.75, 3.05) is 12.9 Å². The van der Waals surface area contributed by atoms with Gasteiger partial charge in [-0.25, -0.2) is 4.98 Å². The van der Waals surface area contributed by atoms with Crippen LogP contribution in [0.3, 0.4) is 0 Å². The average Bonchev–Trinajstić information content (AvgIpc) is 2.90. The highest BCUT2D eigenvalue weighted by Crippen LogP contribution is 2.30. The van der Waals surface area contributed by atoms with Crippen LogP contribution < -0.4 is 5.56 Å². The molecule has 0 saturated carbocycles. The molecule has 8 heteroatoms. The Labute approximate surface area is 164 Å². The molecule has 3 rings (SSSR count). The smallest absolute Gasteiger partial charge is 0.306 e. The fourth-order valence-corrected chi connectivity index (χ4v) is 4.65. The van der Waals surface area contributed by atoms with E-state index in [1.54, 1.807) is 28.8 Å². The third-order valence-corrected chi connectivity index (χ3v) is 6.32. The molecule has 0 fully saturated rings. The molecule has 0 bridgehead atoms. The van der Waals surface area contributed by atoms with Crippen molar-refractivity contribution in [2.45, 2.75) is 25.4 Å².